The molecule has 35 heteroatoms. The van der Waals surface area contributed by atoms with Gasteiger partial charge in [0.15, 0.2) is 0 Å². The van der Waals surface area contributed by atoms with Crippen LogP contribution in [0, 0.1) is 11.3 Å². The molecule has 5 aromatic rings. The molecule has 13 N–H and O–H groups in total. The molecule has 706 valence electrons. The van der Waals surface area contributed by atoms with E-state index in [1.807, 2.05) is 179 Å². The Labute approximate surface area is 813 Å². The average molecular weight is 2020 g/mol. The lowest BCUT2D eigenvalue weighted by molar-refractivity contribution is -0.196. The second-order valence-electron chi connectivity index (χ2n) is 39.2. The molecule has 0 amide bonds. The Morgan fingerprint density at radius 2 is 0.766 bits per heavy atom. The Bertz CT molecular complexity index is 4650. The van der Waals surface area contributed by atoms with Gasteiger partial charge in [0.05, 0.1) is 11.1 Å². The molecule has 0 radical (unpaired) electrons. The number of aliphatic hydroxyl groups is 5. The van der Waals surface area contributed by atoms with Crippen LogP contribution in [0.15, 0.2) is 96.8 Å². The molecule has 13 atom stereocenters. The van der Waals surface area contributed by atoms with E-state index in [4.69, 9.17) is 23.7 Å². The lowest BCUT2D eigenvalue weighted by Crippen LogP contribution is -2.49. The van der Waals surface area contributed by atoms with E-state index in [9.17, 15) is 41.2 Å². The second kappa shape index (κ2) is 44.7. The first-order valence-corrected chi connectivity index (χ1v) is 62.0. The van der Waals surface area contributed by atoms with Gasteiger partial charge in [0.25, 0.3) is 0 Å². The first kappa shape index (κ1) is 100. The van der Waals surface area contributed by atoms with Gasteiger partial charge in [-0.3, -0.25) is 0 Å². The van der Waals surface area contributed by atoms with E-state index < -0.39 is 36.1 Å². The third-order valence-corrected chi connectivity index (χ3v) is 45.6. The number of fused-ring (bicyclic) bond motifs is 10. The van der Waals surface area contributed by atoms with E-state index in [0.29, 0.717) is 80.2 Å². The largest absolute Gasteiger partial charge is 0.487 e. The molecule has 0 aromatic heterocycles. The van der Waals surface area contributed by atoms with E-state index in [1.54, 1.807) is 0 Å². The van der Waals surface area contributed by atoms with Crippen molar-refractivity contribution in [3.8, 4) is 28.7 Å². The summed E-state index contributed by atoms with van der Waals surface area (Å²) >= 11 is 0. The summed E-state index contributed by atoms with van der Waals surface area (Å²) in [5.74, 6) is 12.8. The van der Waals surface area contributed by atoms with Gasteiger partial charge in [-0.25, -0.2) is 0 Å². The summed E-state index contributed by atoms with van der Waals surface area (Å²) in [6, 6.07) is 22.6. The molecule has 4 fully saturated rings. The molecule has 5 aromatic carbocycles. The first-order valence-electron chi connectivity index (χ1n) is 45.6. The molecule has 15 aliphatic rings. The number of hydrogen-bond donors (Lipinski definition) is 13. The monoisotopic (exact) mass is 2020 g/mol. The van der Waals surface area contributed by atoms with Crippen LogP contribution >= 0.6 is 151 Å². The summed E-state index contributed by atoms with van der Waals surface area (Å²) in [5.41, 5.74) is 13.4. The Kier molecular flexibility index (Phi) is 35.0. The van der Waals surface area contributed by atoms with Crippen LogP contribution in [0.4, 0.5) is 0 Å². The second-order valence-corrected chi connectivity index (χ2v) is 56.2. The van der Waals surface area contributed by atoms with Crippen molar-refractivity contribution in [2.24, 2.45) is 11.3 Å². The minimum absolute atomic E-state index is 0.0830. The lowest BCUT2D eigenvalue weighted by atomic mass is 9.87. The fraction of sp³-hybridized carbons (Fsp3) is 0.656. The zero-order valence-corrected chi connectivity index (χ0v) is 86.7. The van der Waals surface area contributed by atoms with E-state index in [2.05, 4.69) is 135 Å². The van der Waals surface area contributed by atoms with Crippen molar-refractivity contribution in [1.82, 2.24) is 41.8 Å². The quantitative estimate of drug-likeness (QED) is 0.0202. The highest BCUT2D eigenvalue weighted by Crippen LogP contribution is 2.54. The number of hydrogen-bond acceptors (Lipinski definition) is 35. The van der Waals surface area contributed by atoms with Crippen molar-refractivity contribution in [3.63, 3.8) is 0 Å². The summed E-state index contributed by atoms with van der Waals surface area (Å²) < 4.78 is 30.7. The highest BCUT2D eigenvalue weighted by atomic mass is 33.1. The van der Waals surface area contributed by atoms with Crippen molar-refractivity contribution in [2.75, 3.05) is 83.5 Å². The molecule has 0 spiro atoms. The van der Waals surface area contributed by atoms with E-state index in [-0.39, 0.29) is 47.1 Å². The van der Waals surface area contributed by atoms with Crippen molar-refractivity contribution in [1.29, 1.82) is 0 Å². The van der Waals surface area contributed by atoms with Crippen LogP contribution in [0.25, 0.3) is 0 Å². The minimum Gasteiger partial charge on any atom is -0.487 e. The van der Waals surface area contributed by atoms with Gasteiger partial charge in [0.1, 0.15) is 89.8 Å². The van der Waals surface area contributed by atoms with Gasteiger partial charge in [-0.2, -0.15) is 15.2 Å². The zero-order valence-electron chi connectivity index (χ0n) is 75.2. The van der Waals surface area contributed by atoms with Crippen LogP contribution in [0.3, 0.4) is 0 Å². The molecular weight excluding hydrogens is 1890 g/mol. The first-order chi connectivity index (χ1) is 61.4. The number of ether oxygens (including phenoxy) is 5. The molecule has 15 aliphatic heterocycles. The molecule has 20 rings (SSSR count). The molecule has 4 saturated heterocycles. The Morgan fingerprint density at radius 1 is 0.398 bits per heavy atom. The zero-order chi connectivity index (χ0) is 89.8. The highest BCUT2D eigenvalue weighted by molar-refractivity contribution is 8.78. The van der Waals surface area contributed by atoms with Crippen LogP contribution in [-0.4, -0.2) is 240 Å². The fourth-order valence-corrected chi connectivity index (χ4v) is 38.5. The maximum absolute atomic E-state index is 10.7. The summed E-state index contributed by atoms with van der Waals surface area (Å²) in [6.07, 6.45) is 12.2. The maximum Gasteiger partial charge on any atom is 0.126 e. The van der Waals surface area contributed by atoms with Crippen LogP contribution in [0.2, 0.25) is 0 Å². The predicted octanol–water partition coefficient (Wildman–Crippen LogP) is 18.2. The summed E-state index contributed by atoms with van der Waals surface area (Å²) in [7, 11) is 26.5. The van der Waals surface area contributed by atoms with E-state index in [1.165, 1.54) is 113 Å². The Morgan fingerprint density at radius 3 is 1.10 bits per heavy atom. The third kappa shape index (κ3) is 24.7. The van der Waals surface area contributed by atoms with Crippen molar-refractivity contribution < 1.29 is 64.8 Å². The van der Waals surface area contributed by atoms with Gasteiger partial charge >= 0.3 is 0 Å². The molecule has 0 saturated carbocycles. The van der Waals surface area contributed by atoms with E-state index >= 15 is 0 Å². The van der Waals surface area contributed by atoms with Gasteiger partial charge in [-0.1, -0.05) is 171 Å². The van der Waals surface area contributed by atoms with Gasteiger partial charge in [-0.15, -0.1) is 0 Å². The fourth-order valence-electron chi connectivity index (χ4n) is 19.3. The Hall–Kier alpha value is -0.900. The number of nitrogens with zero attached hydrogens (tertiary/aromatic N) is 3. The molecule has 15 heterocycles. The number of hydroxylamine groups is 6. The smallest absolute Gasteiger partial charge is 0.126 e. The maximum atomic E-state index is 10.7. The van der Waals surface area contributed by atoms with Gasteiger partial charge in [0.2, 0.25) is 0 Å². The number of rotatable bonds is 24. The lowest BCUT2D eigenvalue weighted by Gasteiger charge is -2.36. The van der Waals surface area contributed by atoms with Crippen LogP contribution < -0.4 is 50.3 Å². The van der Waals surface area contributed by atoms with Crippen molar-refractivity contribution in [2.45, 2.75) is 312 Å². The molecule has 21 nitrogen and oxygen atoms in total. The van der Waals surface area contributed by atoms with Gasteiger partial charge < -0.3 is 91.4 Å². The normalized spacial score (nSPS) is 27.4. The standard InChI is InChI=1S/C21H32N2O3S2.C21H30N2O3S2.C18H25NO2S4.C17H24N2O3S2.C16H21NO2S4/c2*1-20(2)9-15(21(3,4)23(20)25)10-22-11-16(24)17-6-5-13-8-19-14(12-27-28-19)7-18(13)26-17;1-18(2)10-23-25-17(18)8-19-7-13(20)14-4-3-11-6-16-12(9-22-24-16)5-15(11)21-14;20-14(9-18-13-3-5-19(21)6-4-13)15-2-1-11-8-17-12(10-23-24-17)7-16(11)22-15;18-13(8-17-7-12-3-4-20-22-12)14-2-1-10-6-16-11(9-21-23-16)5-15(10)19-14/h7-8,15-17,22,24-25H,5-6,9-12H2,1-4H3;7-9,16-17,22,24-25H,5-6,10-12H2,1-4H3;5-6,13-14,17,19-20H,3-4,7-10H2,1-2H3;7-8,13-15,18,20-21H,1-6,9-10H2;5-6,12-14,17-18H,1-4,7-9H2. The number of nitrogens with one attached hydrogen (secondary N) is 5. The number of aryl methyl sites for hydroxylation is 5. The number of aliphatic hydroxyl groups excluding tert-OH is 5. The van der Waals surface area contributed by atoms with Crippen LogP contribution in [0.5, 0.6) is 28.7 Å². The van der Waals surface area contributed by atoms with Crippen LogP contribution in [0.1, 0.15) is 183 Å². The third-order valence-electron chi connectivity index (χ3n) is 27.4. The van der Waals surface area contributed by atoms with E-state index in [0.717, 1.165) is 166 Å². The van der Waals surface area contributed by atoms with Gasteiger partial charge in [0, 0.05) is 158 Å². The average Bonchev–Trinajstić information content (AvgIpc) is 1.62. The molecule has 0 bridgehead atoms. The van der Waals surface area contributed by atoms with Crippen molar-refractivity contribution >= 4 is 151 Å². The topological polar surface area (TPSA) is 278 Å². The molecule has 0 aliphatic carbocycles. The summed E-state index contributed by atoms with van der Waals surface area (Å²) in [5, 5.41) is 106. The minimum atomic E-state index is -0.562. The van der Waals surface area contributed by atoms with Gasteiger partial charge in [-0.05, 0) is 285 Å². The van der Waals surface area contributed by atoms with Crippen LogP contribution in [-0.2, 0) is 60.9 Å². The highest BCUT2D eigenvalue weighted by Gasteiger charge is 2.52. The van der Waals surface area contributed by atoms with Crippen molar-refractivity contribution in [3.05, 3.63) is 128 Å². The predicted molar refractivity (Wildman–Crippen MR) is 543 cm³/mol. The molecule has 128 heavy (non-hydrogen) atoms. The molecule has 13 unspecified atom stereocenters. The number of piperidine rings is 1. The molecular formula is C93H132N8O13S14. The SMILES string of the molecule is CC1(C)C=C(CNCC(O)C2CCc3cc4c(cc3O2)CSS4)C(C)(C)N1O.CC1(C)CC(CNCC(O)C2CCc3cc4c(cc3O2)CSS4)C(C)(C)N1O.CC1(C)CSSC1CNCC(O)C1CCc2cc3c(cc2O1)CSS3.OC(CNC1CCN(O)CC1)C1CCc2cc3c(cc2O1)CSS3.OC(CNCC1CCSS1)C1CCc2cc3c(cc2O1)CSS3. The summed E-state index contributed by atoms with van der Waals surface area (Å²) in [4.78, 5) is 6.89. The summed E-state index contributed by atoms with van der Waals surface area (Å²) in [6.45, 7) is 28.5. The Balaban J connectivity index is 0.000000118. The number of benzene rings is 5.